The number of carbonyl (C=O) groups excluding carboxylic acids is 3. The fraction of sp³-hybridized carbons (Fsp3) is 0.318. The molecule has 156 valence electrons. The third-order valence-corrected chi connectivity index (χ3v) is 6.22. The highest BCUT2D eigenvalue weighted by Crippen LogP contribution is 2.59. The largest absolute Gasteiger partial charge is 0.465 e. The molecule has 30 heavy (non-hydrogen) atoms. The van der Waals surface area contributed by atoms with Gasteiger partial charge < -0.3 is 19.7 Å². The number of anilines is 2. The lowest BCUT2D eigenvalue weighted by atomic mass is 9.64. The second-order valence-electron chi connectivity index (χ2n) is 7.14. The van der Waals surface area contributed by atoms with E-state index in [1.54, 1.807) is 63.4 Å². The predicted molar refractivity (Wildman–Crippen MR) is 114 cm³/mol. The molecule has 0 saturated carbocycles. The van der Waals surface area contributed by atoms with E-state index < -0.39 is 28.8 Å². The summed E-state index contributed by atoms with van der Waals surface area (Å²) in [7, 11) is 1.62. The fourth-order valence-electron chi connectivity index (χ4n) is 4.56. The van der Waals surface area contributed by atoms with Crippen LogP contribution in [0.2, 0.25) is 0 Å². The summed E-state index contributed by atoms with van der Waals surface area (Å²) in [4.78, 5) is 42.5. The number of esters is 2. The van der Waals surface area contributed by atoms with E-state index in [2.05, 4.69) is 21.2 Å². The van der Waals surface area contributed by atoms with E-state index in [4.69, 9.17) is 9.47 Å². The summed E-state index contributed by atoms with van der Waals surface area (Å²) < 4.78 is 11.6. The molecule has 2 aliphatic rings. The van der Waals surface area contributed by atoms with Gasteiger partial charge in [-0.1, -0.05) is 40.2 Å². The Bertz CT molecular complexity index is 1050. The lowest BCUT2D eigenvalue weighted by molar-refractivity contribution is -0.170. The summed E-state index contributed by atoms with van der Waals surface area (Å²) >= 11 is 3.43. The Morgan fingerprint density at radius 3 is 2.30 bits per heavy atom. The summed E-state index contributed by atoms with van der Waals surface area (Å²) in [6, 6.07) is 12.2. The zero-order valence-electron chi connectivity index (χ0n) is 16.8. The molecule has 0 bridgehead atoms. The van der Waals surface area contributed by atoms with Gasteiger partial charge in [0.1, 0.15) is 0 Å². The van der Waals surface area contributed by atoms with Crippen LogP contribution in [-0.2, 0) is 34.8 Å². The van der Waals surface area contributed by atoms with Crippen molar-refractivity contribution in [2.45, 2.75) is 24.8 Å². The maximum atomic E-state index is 13.8. The second kappa shape index (κ2) is 7.12. The highest BCUT2D eigenvalue weighted by atomic mass is 79.9. The minimum absolute atomic E-state index is 0.0511. The first-order chi connectivity index (χ1) is 14.4. The Balaban J connectivity index is 2.13. The van der Waals surface area contributed by atoms with Gasteiger partial charge in [-0.3, -0.25) is 14.4 Å². The van der Waals surface area contributed by atoms with E-state index in [9.17, 15) is 14.4 Å². The molecule has 0 aromatic heterocycles. The average molecular weight is 473 g/mol. The van der Waals surface area contributed by atoms with Gasteiger partial charge >= 0.3 is 11.9 Å². The summed E-state index contributed by atoms with van der Waals surface area (Å²) in [5.74, 6) is -2.08. The number of carbonyl (C=O) groups is 3. The summed E-state index contributed by atoms with van der Waals surface area (Å²) in [6.45, 7) is 3.42. The van der Waals surface area contributed by atoms with Gasteiger partial charge in [0, 0.05) is 28.3 Å². The van der Waals surface area contributed by atoms with E-state index in [-0.39, 0.29) is 13.2 Å². The van der Waals surface area contributed by atoms with Gasteiger partial charge in [-0.2, -0.15) is 0 Å². The smallest absolute Gasteiger partial charge is 0.331 e. The standard InChI is InChI=1S/C22H21BrN2O5/c1-4-29-19(27)21(20(28)30-5-2)14-8-6-7-9-16(14)24-22(21)15-11-10-13(23)12-17(15)25(3)18(22)26/h6-12,24H,4-5H2,1-3H3/t22-/m0/s1. The third-order valence-electron chi connectivity index (χ3n) is 5.73. The van der Waals surface area contributed by atoms with Gasteiger partial charge in [-0.15, -0.1) is 0 Å². The number of fused-ring (bicyclic) bond motifs is 3. The maximum Gasteiger partial charge on any atom is 0.331 e. The van der Waals surface area contributed by atoms with Gasteiger partial charge in [0.2, 0.25) is 5.41 Å². The van der Waals surface area contributed by atoms with Crippen LogP contribution in [0.5, 0.6) is 0 Å². The SMILES string of the molecule is CCOC(=O)C1(C(=O)OCC)c2ccccc2N[C@@]12C(=O)N(C)c1cc(Br)ccc12. The van der Waals surface area contributed by atoms with Crippen molar-refractivity contribution in [1.82, 2.24) is 0 Å². The van der Waals surface area contributed by atoms with Crippen molar-refractivity contribution in [1.29, 1.82) is 0 Å². The number of rotatable bonds is 4. The molecule has 1 N–H and O–H groups in total. The van der Waals surface area contributed by atoms with Crippen molar-refractivity contribution < 1.29 is 23.9 Å². The van der Waals surface area contributed by atoms with Gasteiger partial charge in [0.15, 0.2) is 5.54 Å². The van der Waals surface area contributed by atoms with Crippen LogP contribution in [0.4, 0.5) is 11.4 Å². The number of amides is 1. The fourth-order valence-corrected chi connectivity index (χ4v) is 4.91. The zero-order chi connectivity index (χ0) is 21.7. The van der Waals surface area contributed by atoms with Crippen LogP contribution in [0.15, 0.2) is 46.9 Å². The molecule has 2 aromatic rings. The number of likely N-dealkylation sites (N-methyl/N-ethyl adjacent to an activating group) is 1. The number of ether oxygens (including phenoxy) is 2. The predicted octanol–water partition coefficient (Wildman–Crippen LogP) is 3.11. The lowest BCUT2D eigenvalue weighted by Crippen LogP contribution is -2.64. The van der Waals surface area contributed by atoms with Gasteiger partial charge in [0.05, 0.1) is 18.9 Å². The van der Waals surface area contributed by atoms with Crippen molar-refractivity contribution in [3.05, 3.63) is 58.1 Å². The first-order valence-corrected chi connectivity index (χ1v) is 10.5. The maximum absolute atomic E-state index is 13.8. The number of hydrogen-bond donors (Lipinski definition) is 1. The minimum atomic E-state index is -2.03. The minimum Gasteiger partial charge on any atom is -0.465 e. The molecular formula is C22H21BrN2O5. The molecule has 0 radical (unpaired) electrons. The Kier molecular flexibility index (Phi) is 4.85. The summed E-state index contributed by atoms with van der Waals surface area (Å²) in [6.07, 6.45) is 0. The van der Waals surface area contributed by atoms with Gasteiger partial charge in [-0.05, 0) is 32.0 Å². The lowest BCUT2D eigenvalue weighted by Gasteiger charge is -2.38. The van der Waals surface area contributed by atoms with Crippen molar-refractivity contribution in [2.24, 2.45) is 0 Å². The molecule has 2 aromatic carbocycles. The molecule has 0 unspecified atom stereocenters. The highest BCUT2D eigenvalue weighted by Gasteiger charge is 2.76. The van der Waals surface area contributed by atoms with Crippen LogP contribution in [-0.4, -0.2) is 38.1 Å². The second-order valence-corrected chi connectivity index (χ2v) is 8.05. The third kappa shape index (κ3) is 2.34. The van der Waals surface area contributed by atoms with E-state index in [0.29, 0.717) is 22.5 Å². The Morgan fingerprint density at radius 2 is 1.67 bits per heavy atom. The van der Waals surface area contributed by atoms with Gasteiger partial charge in [-0.25, -0.2) is 0 Å². The Hall–Kier alpha value is -2.87. The Morgan fingerprint density at radius 1 is 1.03 bits per heavy atom. The number of hydrogen-bond acceptors (Lipinski definition) is 6. The topological polar surface area (TPSA) is 84.9 Å². The van der Waals surface area contributed by atoms with E-state index >= 15 is 0 Å². The molecule has 2 heterocycles. The summed E-state index contributed by atoms with van der Waals surface area (Å²) in [5.41, 5.74) is -1.78. The Labute approximate surface area is 182 Å². The monoisotopic (exact) mass is 472 g/mol. The van der Waals surface area contributed by atoms with Crippen molar-refractivity contribution in [2.75, 3.05) is 30.5 Å². The molecule has 8 heteroatoms. The molecule has 2 aliphatic heterocycles. The van der Waals surface area contributed by atoms with E-state index in [0.717, 1.165) is 4.47 Å². The molecule has 1 spiro atoms. The average Bonchev–Trinajstić information content (AvgIpc) is 3.15. The number of benzene rings is 2. The number of nitrogens with zero attached hydrogens (tertiary/aromatic N) is 1. The van der Waals surface area contributed by atoms with Gasteiger partial charge in [0.25, 0.3) is 5.91 Å². The molecule has 1 atom stereocenters. The number of para-hydroxylation sites is 1. The van der Waals surface area contributed by atoms with Crippen LogP contribution in [0, 0.1) is 0 Å². The quantitative estimate of drug-likeness (QED) is 0.543. The summed E-state index contributed by atoms with van der Waals surface area (Å²) in [5, 5.41) is 3.23. The first kappa shape index (κ1) is 20.4. The first-order valence-electron chi connectivity index (χ1n) is 9.66. The van der Waals surface area contributed by atoms with Crippen LogP contribution in [0.3, 0.4) is 0 Å². The molecular weight excluding hydrogens is 452 g/mol. The van der Waals surface area contributed by atoms with Crippen molar-refractivity contribution >= 4 is 45.2 Å². The van der Waals surface area contributed by atoms with Crippen molar-refractivity contribution in [3.8, 4) is 0 Å². The number of halogens is 1. The molecule has 7 nitrogen and oxygen atoms in total. The van der Waals surface area contributed by atoms with Crippen LogP contribution >= 0.6 is 15.9 Å². The van der Waals surface area contributed by atoms with Crippen molar-refractivity contribution in [3.63, 3.8) is 0 Å². The van der Waals surface area contributed by atoms with E-state index in [1.807, 2.05) is 0 Å². The van der Waals surface area contributed by atoms with Crippen LogP contribution in [0.25, 0.3) is 0 Å². The molecule has 0 fully saturated rings. The van der Waals surface area contributed by atoms with Crippen LogP contribution in [0.1, 0.15) is 25.0 Å². The molecule has 0 aliphatic carbocycles. The van der Waals surface area contributed by atoms with E-state index in [1.165, 1.54) is 4.90 Å². The molecule has 0 saturated heterocycles. The molecule has 4 rings (SSSR count). The normalized spacial score (nSPS) is 20.5. The highest BCUT2D eigenvalue weighted by molar-refractivity contribution is 9.10. The zero-order valence-corrected chi connectivity index (χ0v) is 18.4. The molecule has 1 amide bonds. The number of nitrogens with one attached hydrogen (secondary N) is 1. The van der Waals surface area contributed by atoms with Crippen LogP contribution < -0.4 is 10.2 Å².